The smallest absolute Gasteiger partial charge is 0.410 e. The van der Waals surface area contributed by atoms with E-state index in [9.17, 15) is 4.79 Å². The Kier molecular flexibility index (Phi) is 6.46. The quantitative estimate of drug-likeness (QED) is 0.563. The van der Waals surface area contributed by atoms with Crippen LogP contribution in [0.2, 0.25) is 0 Å². The summed E-state index contributed by atoms with van der Waals surface area (Å²) in [5.74, 6) is 1.48. The van der Waals surface area contributed by atoms with E-state index in [0.29, 0.717) is 19.1 Å². The molecule has 2 aromatic heterocycles. The summed E-state index contributed by atoms with van der Waals surface area (Å²) in [6.07, 6.45) is 8.55. The van der Waals surface area contributed by atoms with Gasteiger partial charge in [-0.3, -0.25) is 4.98 Å². The number of aromatic nitrogens is 2. The maximum atomic E-state index is 12.2. The van der Waals surface area contributed by atoms with Crippen molar-refractivity contribution in [3.8, 4) is 11.4 Å². The van der Waals surface area contributed by atoms with Crippen molar-refractivity contribution >= 4 is 17.4 Å². The van der Waals surface area contributed by atoms with Crippen molar-refractivity contribution in [3.63, 3.8) is 0 Å². The first-order valence-corrected chi connectivity index (χ1v) is 10.8. The Morgan fingerprint density at radius 2 is 1.90 bits per heavy atom. The van der Waals surface area contributed by atoms with Gasteiger partial charge in [0, 0.05) is 37.4 Å². The number of hydrogen-bond acceptors (Lipinski definition) is 5. The molecule has 1 aliphatic rings. The van der Waals surface area contributed by atoms with Crippen molar-refractivity contribution in [2.24, 2.45) is 5.92 Å². The number of hydrogen-bond donors (Lipinski definition) is 0. The Labute approximate surface area is 174 Å². The molecule has 3 aromatic rings. The number of thiazole rings is 1. The van der Waals surface area contributed by atoms with Gasteiger partial charge in [-0.15, -0.1) is 11.3 Å². The van der Waals surface area contributed by atoms with Gasteiger partial charge in [0.25, 0.3) is 0 Å². The molecular formula is C22H25N3O3S. The molecule has 3 heterocycles. The van der Waals surface area contributed by atoms with Gasteiger partial charge in [-0.2, -0.15) is 0 Å². The monoisotopic (exact) mass is 411 g/mol. The molecule has 0 spiro atoms. The molecule has 0 bridgehead atoms. The Bertz CT molecular complexity index is 871. The summed E-state index contributed by atoms with van der Waals surface area (Å²) in [6, 6.07) is 12.2. The zero-order chi connectivity index (χ0) is 19.9. The molecular weight excluding hydrogens is 386 g/mol. The van der Waals surface area contributed by atoms with E-state index in [-0.39, 0.29) is 6.09 Å². The van der Waals surface area contributed by atoms with Gasteiger partial charge < -0.3 is 18.9 Å². The zero-order valence-electron chi connectivity index (χ0n) is 16.3. The number of piperidine rings is 1. The summed E-state index contributed by atoms with van der Waals surface area (Å²) < 4.78 is 13.4. The Morgan fingerprint density at radius 1 is 1.14 bits per heavy atom. The van der Waals surface area contributed by atoms with Crippen LogP contribution in [-0.2, 0) is 11.3 Å². The van der Waals surface area contributed by atoms with Crippen LogP contribution >= 0.6 is 11.3 Å². The molecule has 0 atom stereocenters. The van der Waals surface area contributed by atoms with Crippen molar-refractivity contribution in [2.45, 2.75) is 25.9 Å². The van der Waals surface area contributed by atoms with Gasteiger partial charge in [-0.1, -0.05) is 0 Å². The molecule has 1 amide bonds. The SMILES string of the molecule is O=C(OCc1cncs1)N1CCC(CCOc2ccc(-n3cccc3)cc2)CC1. The number of nitrogens with zero attached hydrogens (tertiary/aromatic N) is 3. The largest absolute Gasteiger partial charge is 0.494 e. The van der Waals surface area contributed by atoms with E-state index >= 15 is 0 Å². The average Bonchev–Trinajstić information content (AvgIpc) is 3.47. The summed E-state index contributed by atoms with van der Waals surface area (Å²) in [7, 11) is 0. The minimum atomic E-state index is -0.226. The molecule has 7 heteroatoms. The fourth-order valence-electron chi connectivity index (χ4n) is 3.51. The Morgan fingerprint density at radius 3 is 2.59 bits per heavy atom. The van der Waals surface area contributed by atoms with E-state index in [1.54, 1.807) is 16.6 Å². The van der Waals surface area contributed by atoms with Crippen LogP contribution in [0.15, 0.2) is 60.5 Å². The van der Waals surface area contributed by atoms with Gasteiger partial charge in [0.05, 0.1) is 17.0 Å². The highest BCUT2D eigenvalue weighted by Crippen LogP contribution is 2.22. The highest BCUT2D eigenvalue weighted by atomic mass is 32.1. The molecule has 0 N–H and O–H groups in total. The zero-order valence-corrected chi connectivity index (χ0v) is 17.1. The van der Waals surface area contributed by atoms with E-state index in [2.05, 4.69) is 21.7 Å². The van der Waals surface area contributed by atoms with Crippen molar-refractivity contribution < 1.29 is 14.3 Å². The Balaban J connectivity index is 1.14. The number of rotatable bonds is 7. The topological polar surface area (TPSA) is 56.6 Å². The number of benzene rings is 1. The molecule has 0 radical (unpaired) electrons. The summed E-state index contributed by atoms with van der Waals surface area (Å²) in [5.41, 5.74) is 2.87. The lowest BCUT2D eigenvalue weighted by Gasteiger charge is -2.31. The van der Waals surface area contributed by atoms with E-state index in [1.165, 1.54) is 11.3 Å². The van der Waals surface area contributed by atoms with Crippen molar-refractivity contribution in [1.82, 2.24) is 14.5 Å². The first-order valence-electron chi connectivity index (χ1n) is 9.93. The molecule has 0 unspecified atom stereocenters. The summed E-state index contributed by atoms with van der Waals surface area (Å²) in [5, 5.41) is 0. The molecule has 0 saturated carbocycles. The predicted octanol–water partition coefficient (Wildman–Crippen LogP) is 4.75. The summed E-state index contributed by atoms with van der Waals surface area (Å²) >= 11 is 1.50. The summed E-state index contributed by atoms with van der Waals surface area (Å²) in [6.45, 7) is 2.50. The molecule has 1 fully saturated rings. The molecule has 1 aliphatic heterocycles. The second-order valence-corrected chi connectivity index (χ2v) is 8.14. The fourth-order valence-corrected chi connectivity index (χ4v) is 4.01. The average molecular weight is 412 g/mol. The van der Waals surface area contributed by atoms with E-state index in [1.807, 2.05) is 36.7 Å². The highest BCUT2D eigenvalue weighted by molar-refractivity contribution is 7.09. The van der Waals surface area contributed by atoms with Crippen molar-refractivity contribution in [1.29, 1.82) is 0 Å². The highest BCUT2D eigenvalue weighted by Gasteiger charge is 2.23. The maximum Gasteiger partial charge on any atom is 0.410 e. The molecule has 1 saturated heterocycles. The number of carbonyl (C=O) groups excluding carboxylic acids is 1. The van der Waals surface area contributed by atoms with Crippen LogP contribution < -0.4 is 4.74 Å². The van der Waals surface area contributed by atoms with Crippen LogP contribution in [0.25, 0.3) is 5.69 Å². The maximum absolute atomic E-state index is 12.2. The van der Waals surface area contributed by atoms with Gasteiger partial charge in [-0.05, 0) is 61.6 Å². The van der Waals surface area contributed by atoms with Crippen LogP contribution in [0.5, 0.6) is 5.75 Å². The van der Waals surface area contributed by atoms with Gasteiger partial charge in [0.15, 0.2) is 0 Å². The Hall–Kier alpha value is -2.80. The lowest BCUT2D eigenvalue weighted by atomic mass is 9.94. The lowest BCUT2D eigenvalue weighted by molar-refractivity contribution is 0.0807. The minimum absolute atomic E-state index is 0.226. The number of carbonyl (C=O) groups is 1. The van der Waals surface area contributed by atoms with Crippen LogP contribution in [0.3, 0.4) is 0 Å². The summed E-state index contributed by atoms with van der Waals surface area (Å²) in [4.78, 5) is 18.9. The second kappa shape index (κ2) is 9.60. The van der Waals surface area contributed by atoms with Crippen LogP contribution in [-0.4, -0.2) is 40.2 Å². The van der Waals surface area contributed by atoms with E-state index in [4.69, 9.17) is 9.47 Å². The first kappa shape index (κ1) is 19.5. The van der Waals surface area contributed by atoms with Gasteiger partial charge >= 0.3 is 6.09 Å². The molecule has 4 rings (SSSR count). The lowest BCUT2D eigenvalue weighted by Crippen LogP contribution is -2.39. The normalized spacial score (nSPS) is 14.7. The minimum Gasteiger partial charge on any atom is -0.494 e. The predicted molar refractivity (Wildman–Crippen MR) is 112 cm³/mol. The van der Waals surface area contributed by atoms with Crippen molar-refractivity contribution in [3.05, 3.63) is 65.4 Å². The molecule has 1 aromatic carbocycles. The fraction of sp³-hybridized carbons (Fsp3) is 0.364. The van der Waals surface area contributed by atoms with Gasteiger partial charge in [0.1, 0.15) is 12.4 Å². The van der Waals surface area contributed by atoms with Crippen LogP contribution in [0, 0.1) is 5.92 Å². The third-order valence-corrected chi connectivity index (χ3v) is 5.98. The third-order valence-electron chi connectivity index (χ3n) is 5.23. The molecule has 6 nitrogen and oxygen atoms in total. The third kappa shape index (κ3) is 5.38. The van der Waals surface area contributed by atoms with E-state index in [0.717, 1.165) is 48.7 Å². The number of ether oxygens (including phenoxy) is 2. The van der Waals surface area contributed by atoms with Gasteiger partial charge in [0.2, 0.25) is 0 Å². The molecule has 29 heavy (non-hydrogen) atoms. The van der Waals surface area contributed by atoms with Crippen molar-refractivity contribution in [2.75, 3.05) is 19.7 Å². The number of amides is 1. The van der Waals surface area contributed by atoms with Gasteiger partial charge in [-0.25, -0.2) is 4.79 Å². The number of likely N-dealkylation sites (tertiary alicyclic amines) is 1. The van der Waals surface area contributed by atoms with Crippen LogP contribution in [0.1, 0.15) is 24.1 Å². The second-order valence-electron chi connectivity index (χ2n) is 7.17. The molecule has 0 aliphatic carbocycles. The van der Waals surface area contributed by atoms with Crippen LogP contribution in [0.4, 0.5) is 4.79 Å². The molecule has 152 valence electrons. The standard InChI is InChI=1S/C22H25N3O3S/c26-22(28-16-21-15-23-17-29-21)25-12-7-18(8-13-25)9-14-27-20-5-3-19(4-6-20)24-10-1-2-11-24/h1-6,10-11,15,17-18H,7-9,12-14,16H2. The van der Waals surface area contributed by atoms with E-state index < -0.39 is 0 Å². The first-order chi connectivity index (χ1) is 14.3.